The van der Waals surface area contributed by atoms with Crippen LogP contribution in [-0.4, -0.2) is 48.2 Å². The molecular weight excluding hydrogens is 336 g/mol. The van der Waals surface area contributed by atoms with Crippen molar-refractivity contribution >= 4 is 5.91 Å². The highest BCUT2D eigenvalue weighted by molar-refractivity contribution is 5.79. The number of nitrogens with zero attached hydrogens (tertiary/aromatic N) is 1. The van der Waals surface area contributed by atoms with Crippen molar-refractivity contribution in [2.75, 3.05) is 19.6 Å². The fraction of sp³-hybridized carbons (Fsp3) is 0.696. The van der Waals surface area contributed by atoms with Gasteiger partial charge in [0.25, 0.3) is 0 Å². The average Bonchev–Trinajstić information content (AvgIpc) is 3.35. The van der Waals surface area contributed by atoms with Gasteiger partial charge in [-0.1, -0.05) is 30.7 Å². The van der Waals surface area contributed by atoms with Crippen LogP contribution >= 0.6 is 0 Å². The van der Waals surface area contributed by atoms with Crippen LogP contribution in [0.15, 0.2) is 24.3 Å². The smallest absolute Gasteiger partial charge is 0.223 e. The van der Waals surface area contributed by atoms with Crippen molar-refractivity contribution < 1.29 is 9.53 Å². The summed E-state index contributed by atoms with van der Waals surface area (Å²) in [5.74, 6) is 1.69. The summed E-state index contributed by atoms with van der Waals surface area (Å²) in [6.07, 6.45) is 8.53. The van der Waals surface area contributed by atoms with E-state index in [1.54, 1.807) is 0 Å². The van der Waals surface area contributed by atoms with Gasteiger partial charge in [-0.25, -0.2) is 0 Å². The molecule has 2 bridgehead atoms. The minimum absolute atomic E-state index is 0.0747. The van der Waals surface area contributed by atoms with Crippen molar-refractivity contribution in [3.8, 4) is 0 Å². The summed E-state index contributed by atoms with van der Waals surface area (Å²) in [5, 5.41) is 3.28. The maximum absolute atomic E-state index is 12.3. The number of likely N-dealkylation sites (tertiary alicyclic amines) is 1. The van der Waals surface area contributed by atoms with Crippen LogP contribution in [0.2, 0.25) is 0 Å². The third kappa shape index (κ3) is 2.52. The lowest BCUT2D eigenvalue weighted by Gasteiger charge is -2.31. The van der Waals surface area contributed by atoms with Gasteiger partial charge in [0.05, 0.1) is 11.7 Å². The number of rotatable bonds is 4. The average molecular weight is 367 g/mol. The van der Waals surface area contributed by atoms with Gasteiger partial charge in [-0.2, -0.15) is 0 Å². The second kappa shape index (κ2) is 6.05. The van der Waals surface area contributed by atoms with Crippen LogP contribution in [0.3, 0.4) is 0 Å². The Morgan fingerprint density at radius 1 is 1.19 bits per heavy atom. The fourth-order valence-corrected chi connectivity index (χ4v) is 6.60. The van der Waals surface area contributed by atoms with Crippen LogP contribution in [0.5, 0.6) is 0 Å². The summed E-state index contributed by atoms with van der Waals surface area (Å²) in [4.78, 5) is 15.0. The zero-order chi connectivity index (χ0) is 18.0. The van der Waals surface area contributed by atoms with Gasteiger partial charge < -0.3 is 10.1 Å². The Balaban J connectivity index is 1.14. The molecule has 1 aromatic rings. The number of carbonyl (C=O) groups excluding carboxylic acids is 1. The highest BCUT2D eigenvalue weighted by atomic mass is 16.5. The monoisotopic (exact) mass is 366 g/mol. The highest BCUT2D eigenvalue weighted by Gasteiger charge is 2.63. The van der Waals surface area contributed by atoms with E-state index in [0.717, 1.165) is 32.5 Å². The number of amides is 1. The van der Waals surface area contributed by atoms with Gasteiger partial charge >= 0.3 is 0 Å². The summed E-state index contributed by atoms with van der Waals surface area (Å²) < 4.78 is 6.60. The Labute approximate surface area is 161 Å². The number of hydrogen-bond acceptors (Lipinski definition) is 3. The first-order valence-corrected chi connectivity index (χ1v) is 11.0. The quantitative estimate of drug-likeness (QED) is 0.890. The summed E-state index contributed by atoms with van der Waals surface area (Å²) in [6.45, 7) is 3.07. The predicted octanol–water partition coefficient (Wildman–Crippen LogP) is 2.55. The van der Waals surface area contributed by atoms with E-state index in [4.69, 9.17) is 4.74 Å². The zero-order valence-electron chi connectivity index (χ0n) is 16.0. The SMILES string of the molecule is O=C(NC[C@H]1[C@H]2CN(C3Cc4ccccc4C3)C[C@]23CC[C@H]1O3)C1CCC1. The Bertz CT molecular complexity index is 736. The summed E-state index contributed by atoms with van der Waals surface area (Å²) in [6, 6.07) is 9.57. The Morgan fingerprint density at radius 3 is 2.67 bits per heavy atom. The molecule has 1 N–H and O–H groups in total. The van der Waals surface area contributed by atoms with Gasteiger partial charge in [0.1, 0.15) is 0 Å². The molecule has 1 aromatic carbocycles. The van der Waals surface area contributed by atoms with Crippen molar-refractivity contribution in [2.45, 2.75) is 62.7 Å². The molecule has 0 unspecified atom stereocenters. The van der Waals surface area contributed by atoms with Gasteiger partial charge in [-0.15, -0.1) is 0 Å². The first-order valence-electron chi connectivity index (χ1n) is 11.0. The minimum atomic E-state index is 0.0747. The Hall–Kier alpha value is -1.39. The maximum Gasteiger partial charge on any atom is 0.223 e. The van der Waals surface area contributed by atoms with Crippen molar-refractivity contribution in [3.05, 3.63) is 35.4 Å². The summed E-state index contributed by atoms with van der Waals surface area (Å²) in [7, 11) is 0. The van der Waals surface area contributed by atoms with E-state index in [0.29, 0.717) is 29.9 Å². The molecule has 1 saturated carbocycles. The number of hydrogen-bond donors (Lipinski definition) is 1. The van der Waals surface area contributed by atoms with Crippen molar-refractivity contribution in [1.82, 2.24) is 10.2 Å². The first-order chi connectivity index (χ1) is 13.2. The Kier molecular flexibility index (Phi) is 3.71. The molecule has 3 saturated heterocycles. The highest BCUT2D eigenvalue weighted by Crippen LogP contribution is 2.55. The third-order valence-corrected chi connectivity index (χ3v) is 8.34. The van der Waals surface area contributed by atoms with E-state index in [2.05, 4.69) is 34.5 Å². The molecule has 4 atom stereocenters. The van der Waals surface area contributed by atoms with Gasteiger partial charge in [0, 0.05) is 43.4 Å². The van der Waals surface area contributed by atoms with Crippen LogP contribution in [0, 0.1) is 17.8 Å². The van der Waals surface area contributed by atoms with E-state index >= 15 is 0 Å². The van der Waals surface area contributed by atoms with Crippen LogP contribution in [0.1, 0.15) is 43.2 Å². The van der Waals surface area contributed by atoms with Gasteiger partial charge in [0.15, 0.2) is 0 Å². The van der Waals surface area contributed by atoms with E-state index in [9.17, 15) is 4.79 Å². The molecule has 4 fully saturated rings. The number of ether oxygens (including phenoxy) is 1. The third-order valence-electron chi connectivity index (χ3n) is 8.34. The molecule has 0 radical (unpaired) electrons. The maximum atomic E-state index is 12.3. The molecule has 0 aromatic heterocycles. The second-order valence-electron chi connectivity index (χ2n) is 9.66. The van der Waals surface area contributed by atoms with E-state index in [1.807, 2.05) is 0 Å². The zero-order valence-corrected chi connectivity index (χ0v) is 16.0. The largest absolute Gasteiger partial charge is 0.370 e. The molecule has 6 rings (SSSR count). The molecule has 4 heteroatoms. The molecule has 144 valence electrons. The van der Waals surface area contributed by atoms with Crippen molar-refractivity contribution in [3.63, 3.8) is 0 Å². The van der Waals surface area contributed by atoms with Gasteiger partial charge in [0.2, 0.25) is 5.91 Å². The normalized spacial score (nSPS) is 38.0. The predicted molar refractivity (Wildman–Crippen MR) is 103 cm³/mol. The van der Waals surface area contributed by atoms with Crippen LogP contribution < -0.4 is 5.32 Å². The number of carbonyl (C=O) groups is 1. The van der Waals surface area contributed by atoms with Crippen LogP contribution in [-0.2, 0) is 22.4 Å². The standard InChI is InChI=1S/C23H30N2O2/c26-22(15-6-3-7-15)24-12-19-20-13-25(14-23(20)9-8-21(19)27-23)18-10-16-4-1-2-5-17(16)11-18/h1-2,4-5,15,18-21H,3,6-14H2,(H,24,26)/t19-,20+,21+,23+/m0/s1. The fourth-order valence-electron chi connectivity index (χ4n) is 6.60. The van der Waals surface area contributed by atoms with E-state index in [-0.39, 0.29) is 11.5 Å². The van der Waals surface area contributed by atoms with Crippen LogP contribution in [0.4, 0.5) is 0 Å². The summed E-state index contributed by atoms with van der Waals surface area (Å²) >= 11 is 0. The molecule has 2 aliphatic carbocycles. The number of fused-ring (bicyclic) bond motifs is 2. The van der Waals surface area contributed by atoms with E-state index < -0.39 is 0 Å². The molecule has 3 heterocycles. The number of benzene rings is 1. The Morgan fingerprint density at radius 2 is 1.96 bits per heavy atom. The van der Waals surface area contributed by atoms with Crippen molar-refractivity contribution in [2.24, 2.45) is 17.8 Å². The van der Waals surface area contributed by atoms with Crippen molar-refractivity contribution in [1.29, 1.82) is 0 Å². The topological polar surface area (TPSA) is 41.6 Å². The van der Waals surface area contributed by atoms with Crippen LogP contribution in [0.25, 0.3) is 0 Å². The van der Waals surface area contributed by atoms with Gasteiger partial charge in [-0.05, 0) is 49.7 Å². The molecule has 1 amide bonds. The number of nitrogens with one attached hydrogen (secondary N) is 1. The molecule has 4 nitrogen and oxygen atoms in total. The molecule has 1 spiro atoms. The summed E-state index contributed by atoms with van der Waals surface area (Å²) in [5.41, 5.74) is 3.14. The van der Waals surface area contributed by atoms with E-state index in [1.165, 1.54) is 43.2 Å². The lowest BCUT2D eigenvalue weighted by Crippen LogP contribution is -2.44. The lowest BCUT2D eigenvalue weighted by molar-refractivity contribution is -0.127. The first kappa shape index (κ1) is 16.6. The molecule has 3 aliphatic heterocycles. The van der Waals surface area contributed by atoms with Gasteiger partial charge in [-0.3, -0.25) is 9.69 Å². The molecule has 5 aliphatic rings. The molecule has 27 heavy (non-hydrogen) atoms. The second-order valence-corrected chi connectivity index (χ2v) is 9.66. The molecular formula is C23H30N2O2. The lowest BCUT2D eigenvalue weighted by atomic mass is 9.73. The minimum Gasteiger partial charge on any atom is -0.370 e.